The molecule has 0 saturated carbocycles. The molecule has 2 rings (SSSR count). The molecule has 3 nitrogen and oxygen atoms in total. The first-order valence-corrected chi connectivity index (χ1v) is 5.69. The number of nitrogens with two attached hydrogens (primary N) is 1. The van der Waals surface area contributed by atoms with Crippen molar-refractivity contribution in [1.82, 2.24) is 9.88 Å². The van der Waals surface area contributed by atoms with Gasteiger partial charge in [0.2, 0.25) is 0 Å². The molecule has 1 aliphatic rings. The minimum absolute atomic E-state index is 0.187. The van der Waals surface area contributed by atoms with Gasteiger partial charge in [-0.3, -0.25) is 4.90 Å². The van der Waals surface area contributed by atoms with Gasteiger partial charge in [-0.1, -0.05) is 0 Å². The molecule has 0 aromatic carbocycles. The van der Waals surface area contributed by atoms with E-state index in [4.69, 9.17) is 5.73 Å². The molecule has 0 unspecified atom stereocenters. The highest BCUT2D eigenvalue weighted by molar-refractivity contribution is 7.07. The Morgan fingerprint density at radius 3 is 3.21 bits per heavy atom. The summed E-state index contributed by atoms with van der Waals surface area (Å²) in [7, 11) is 0. The van der Waals surface area contributed by atoms with Gasteiger partial charge in [0.15, 0.2) is 0 Å². The van der Waals surface area contributed by atoms with Crippen molar-refractivity contribution in [3.8, 4) is 0 Å². The first kappa shape index (κ1) is 10.0. The van der Waals surface area contributed by atoms with E-state index in [1.54, 1.807) is 16.8 Å². The summed E-state index contributed by atoms with van der Waals surface area (Å²) in [6, 6.07) is 0.187. The fraction of sp³-hybridized carbons (Fsp3) is 0.667. The van der Waals surface area contributed by atoms with E-state index < -0.39 is 6.17 Å². The van der Waals surface area contributed by atoms with Gasteiger partial charge in [-0.15, -0.1) is 11.3 Å². The van der Waals surface area contributed by atoms with Crippen LogP contribution >= 0.6 is 11.3 Å². The van der Waals surface area contributed by atoms with Gasteiger partial charge < -0.3 is 5.73 Å². The lowest BCUT2D eigenvalue weighted by molar-refractivity contribution is 0.236. The monoisotopic (exact) mass is 215 g/mol. The molecule has 0 radical (unpaired) electrons. The number of alkyl halides is 1. The summed E-state index contributed by atoms with van der Waals surface area (Å²) in [6.45, 7) is 1.76. The molecule has 0 amide bonds. The number of thiazole rings is 1. The molecule has 1 fully saturated rings. The fourth-order valence-corrected chi connectivity index (χ4v) is 2.43. The maximum absolute atomic E-state index is 13.1. The van der Waals surface area contributed by atoms with Crippen LogP contribution in [0.25, 0.3) is 0 Å². The zero-order valence-electron chi connectivity index (χ0n) is 7.90. The second-order valence-electron chi connectivity index (χ2n) is 3.63. The first-order chi connectivity index (χ1) is 6.79. The summed E-state index contributed by atoms with van der Waals surface area (Å²) in [5.74, 6) is 0. The van der Waals surface area contributed by atoms with Gasteiger partial charge in [0, 0.05) is 31.1 Å². The Morgan fingerprint density at radius 2 is 2.57 bits per heavy atom. The molecule has 5 heteroatoms. The van der Waals surface area contributed by atoms with Gasteiger partial charge in [-0.2, -0.15) is 0 Å². The SMILES string of the molecule is NC[C@@H]1C[C@H](F)CN1Cc1cscn1. The Morgan fingerprint density at radius 1 is 1.71 bits per heavy atom. The van der Waals surface area contributed by atoms with Crippen molar-refractivity contribution in [1.29, 1.82) is 0 Å². The van der Waals surface area contributed by atoms with Crippen LogP contribution in [0.15, 0.2) is 10.9 Å². The van der Waals surface area contributed by atoms with E-state index in [1.807, 2.05) is 5.38 Å². The third-order valence-electron chi connectivity index (χ3n) is 2.60. The number of rotatable bonds is 3. The molecular formula is C9H14FN3S. The number of likely N-dealkylation sites (tertiary alicyclic amines) is 1. The van der Waals surface area contributed by atoms with Crippen LogP contribution in [0.4, 0.5) is 4.39 Å². The summed E-state index contributed by atoms with van der Waals surface area (Å²) < 4.78 is 13.1. The Hall–Kier alpha value is -0.520. The molecule has 1 aliphatic heterocycles. The van der Waals surface area contributed by atoms with Crippen molar-refractivity contribution in [3.63, 3.8) is 0 Å². The predicted octanol–water partition coefficient (Wildman–Crippen LogP) is 1.01. The molecule has 0 aliphatic carbocycles. The summed E-state index contributed by atoms with van der Waals surface area (Å²) >= 11 is 1.57. The van der Waals surface area contributed by atoms with Gasteiger partial charge in [-0.05, 0) is 6.42 Å². The lowest BCUT2D eigenvalue weighted by atomic mass is 10.2. The van der Waals surface area contributed by atoms with Gasteiger partial charge in [0.1, 0.15) is 6.17 Å². The third-order valence-corrected chi connectivity index (χ3v) is 3.23. The highest BCUT2D eigenvalue weighted by Gasteiger charge is 2.31. The number of nitrogens with zero attached hydrogens (tertiary/aromatic N) is 2. The van der Waals surface area contributed by atoms with Crippen molar-refractivity contribution < 1.29 is 4.39 Å². The van der Waals surface area contributed by atoms with E-state index in [2.05, 4.69) is 9.88 Å². The molecule has 1 aromatic rings. The zero-order valence-corrected chi connectivity index (χ0v) is 8.71. The minimum Gasteiger partial charge on any atom is -0.329 e. The van der Waals surface area contributed by atoms with Crippen LogP contribution in [0.1, 0.15) is 12.1 Å². The van der Waals surface area contributed by atoms with Crippen molar-refractivity contribution in [2.45, 2.75) is 25.2 Å². The number of hydrogen-bond acceptors (Lipinski definition) is 4. The summed E-state index contributed by atoms with van der Waals surface area (Å²) in [5.41, 5.74) is 8.41. The molecule has 0 bridgehead atoms. The maximum Gasteiger partial charge on any atom is 0.114 e. The largest absolute Gasteiger partial charge is 0.329 e. The molecular weight excluding hydrogens is 201 g/mol. The van der Waals surface area contributed by atoms with Gasteiger partial charge >= 0.3 is 0 Å². The molecule has 0 spiro atoms. The smallest absolute Gasteiger partial charge is 0.114 e. The highest BCUT2D eigenvalue weighted by atomic mass is 32.1. The fourth-order valence-electron chi connectivity index (χ4n) is 1.89. The van der Waals surface area contributed by atoms with Crippen molar-refractivity contribution in [3.05, 3.63) is 16.6 Å². The zero-order chi connectivity index (χ0) is 9.97. The Bertz CT molecular complexity index is 278. The van der Waals surface area contributed by atoms with E-state index in [-0.39, 0.29) is 6.04 Å². The second-order valence-corrected chi connectivity index (χ2v) is 4.35. The summed E-state index contributed by atoms with van der Waals surface area (Å²) in [5, 5.41) is 2.00. The lowest BCUT2D eigenvalue weighted by Gasteiger charge is -2.21. The quantitative estimate of drug-likeness (QED) is 0.818. The number of halogens is 1. The van der Waals surface area contributed by atoms with E-state index in [9.17, 15) is 4.39 Å². The van der Waals surface area contributed by atoms with Crippen molar-refractivity contribution in [2.75, 3.05) is 13.1 Å². The third kappa shape index (κ3) is 2.10. The van der Waals surface area contributed by atoms with Gasteiger partial charge in [-0.25, -0.2) is 9.37 Å². The van der Waals surface area contributed by atoms with Gasteiger partial charge in [0.25, 0.3) is 0 Å². The van der Waals surface area contributed by atoms with Crippen molar-refractivity contribution >= 4 is 11.3 Å². The lowest BCUT2D eigenvalue weighted by Crippen LogP contribution is -2.34. The highest BCUT2D eigenvalue weighted by Crippen LogP contribution is 2.21. The van der Waals surface area contributed by atoms with Crippen LogP contribution in [0, 0.1) is 0 Å². The van der Waals surface area contributed by atoms with Crippen LogP contribution in [-0.4, -0.2) is 35.2 Å². The molecule has 2 heterocycles. The summed E-state index contributed by atoms with van der Waals surface area (Å²) in [6.07, 6.45) is -0.150. The Labute approximate surface area is 86.7 Å². The minimum atomic E-state index is -0.720. The Balaban J connectivity index is 1.97. The topological polar surface area (TPSA) is 42.1 Å². The van der Waals surface area contributed by atoms with Crippen LogP contribution in [-0.2, 0) is 6.54 Å². The van der Waals surface area contributed by atoms with Crippen LogP contribution in [0.2, 0.25) is 0 Å². The normalized spacial score (nSPS) is 28.4. The molecule has 78 valence electrons. The van der Waals surface area contributed by atoms with E-state index >= 15 is 0 Å². The molecule has 1 aromatic heterocycles. The second kappa shape index (κ2) is 4.33. The van der Waals surface area contributed by atoms with Gasteiger partial charge in [0.05, 0.1) is 11.2 Å². The van der Waals surface area contributed by atoms with Crippen LogP contribution < -0.4 is 5.73 Å². The van der Waals surface area contributed by atoms with E-state index in [0.29, 0.717) is 19.5 Å². The van der Waals surface area contributed by atoms with Crippen LogP contribution in [0.5, 0.6) is 0 Å². The molecule has 2 N–H and O–H groups in total. The van der Waals surface area contributed by atoms with E-state index in [1.165, 1.54) is 0 Å². The van der Waals surface area contributed by atoms with E-state index in [0.717, 1.165) is 12.2 Å². The average molecular weight is 215 g/mol. The van der Waals surface area contributed by atoms with Crippen molar-refractivity contribution in [2.24, 2.45) is 5.73 Å². The van der Waals surface area contributed by atoms with Crippen LogP contribution in [0.3, 0.4) is 0 Å². The first-order valence-electron chi connectivity index (χ1n) is 4.75. The number of hydrogen-bond donors (Lipinski definition) is 1. The standard InChI is InChI=1S/C9H14FN3S/c10-7-1-9(2-11)13(3-7)4-8-5-14-6-12-8/h5-7,9H,1-4,11H2/t7-,9-/m0/s1. The predicted molar refractivity (Wildman–Crippen MR) is 54.9 cm³/mol. The molecule has 2 atom stereocenters. The molecule has 1 saturated heterocycles. The molecule has 14 heavy (non-hydrogen) atoms. The maximum atomic E-state index is 13.1. The number of aromatic nitrogens is 1. The average Bonchev–Trinajstić information content (AvgIpc) is 2.76. The summed E-state index contributed by atoms with van der Waals surface area (Å²) in [4.78, 5) is 6.27. The Kier molecular flexibility index (Phi) is 3.10.